The Labute approximate surface area is 129 Å². The van der Waals surface area contributed by atoms with Gasteiger partial charge >= 0.3 is 0 Å². The second kappa shape index (κ2) is 6.25. The van der Waals surface area contributed by atoms with E-state index in [0.717, 1.165) is 11.1 Å². The van der Waals surface area contributed by atoms with E-state index < -0.39 is 21.0 Å². The van der Waals surface area contributed by atoms with Crippen LogP contribution in [0.25, 0.3) is 0 Å². The quantitative estimate of drug-likeness (QED) is 0.677. The van der Waals surface area contributed by atoms with E-state index >= 15 is 0 Å². The zero-order valence-corrected chi connectivity index (χ0v) is 13.0. The van der Waals surface area contributed by atoms with Crippen molar-refractivity contribution in [2.45, 2.75) is 24.8 Å². The highest BCUT2D eigenvalue weighted by Crippen LogP contribution is 2.19. The van der Waals surface area contributed by atoms with Gasteiger partial charge in [0.15, 0.2) is 0 Å². The first-order valence-electron chi connectivity index (χ1n) is 6.63. The van der Waals surface area contributed by atoms with Crippen LogP contribution in [0, 0.1) is 17.0 Å². The lowest BCUT2D eigenvalue weighted by Crippen LogP contribution is -2.26. The molecule has 2 aromatic rings. The van der Waals surface area contributed by atoms with Crippen LogP contribution in [-0.2, 0) is 10.0 Å². The largest absolute Gasteiger partial charge is 0.269 e. The fourth-order valence-corrected chi connectivity index (χ4v) is 3.20. The third kappa shape index (κ3) is 3.69. The number of benzene rings is 2. The van der Waals surface area contributed by atoms with Crippen molar-refractivity contribution in [3.8, 4) is 0 Å². The molecule has 0 heterocycles. The summed E-state index contributed by atoms with van der Waals surface area (Å²) in [6.45, 7) is 3.70. The van der Waals surface area contributed by atoms with Crippen molar-refractivity contribution >= 4 is 15.7 Å². The molecule has 0 spiro atoms. The average molecular weight is 320 g/mol. The van der Waals surface area contributed by atoms with Gasteiger partial charge in [0.1, 0.15) is 0 Å². The lowest BCUT2D eigenvalue weighted by atomic mass is 10.1. The fourth-order valence-electron chi connectivity index (χ4n) is 1.97. The number of nitro groups is 1. The molecule has 116 valence electrons. The third-order valence-electron chi connectivity index (χ3n) is 3.27. The van der Waals surface area contributed by atoms with Gasteiger partial charge in [-0.2, -0.15) is 0 Å². The summed E-state index contributed by atoms with van der Waals surface area (Å²) < 4.78 is 27.1. The van der Waals surface area contributed by atoms with Crippen LogP contribution in [0.4, 0.5) is 5.69 Å². The molecule has 22 heavy (non-hydrogen) atoms. The molecule has 0 saturated carbocycles. The number of nitro benzene ring substituents is 1. The molecule has 6 nitrogen and oxygen atoms in total. The Morgan fingerprint density at radius 1 is 1.05 bits per heavy atom. The highest BCUT2D eigenvalue weighted by Gasteiger charge is 2.19. The summed E-state index contributed by atoms with van der Waals surface area (Å²) >= 11 is 0. The smallest absolute Gasteiger partial charge is 0.258 e. The minimum absolute atomic E-state index is 0.00272. The third-order valence-corrected chi connectivity index (χ3v) is 4.82. The Morgan fingerprint density at radius 3 is 2.09 bits per heavy atom. The number of hydrogen-bond acceptors (Lipinski definition) is 4. The van der Waals surface area contributed by atoms with E-state index in [1.807, 2.05) is 31.2 Å². The lowest BCUT2D eigenvalue weighted by Gasteiger charge is -2.15. The highest BCUT2D eigenvalue weighted by molar-refractivity contribution is 7.89. The molecule has 2 aromatic carbocycles. The molecular formula is C15H16N2O4S. The fraction of sp³-hybridized carbons (Fsp3) is 0.200. The molecule has 1 atom stereocenters. The van der Waals surface area contributed by atoms with Crippen LogP contribution in [0.5, 0.6) is 0 Å². The summed E-state index contributed by atoms with van der Waals surface area (Å²) in [7, 11) is -3.73. The maximum absolute atomic E-state index is 12.3. The Hall–Kier alpha value is -2.25. The number of nitrogens with one attached hydrogen (secondary N) is 1. The number of hydrogen-bond donors (Lipinski definition) is 1. The number of sulfonamides is 1. The van der Waals surface area contributed by atoms with Gasteiger partial charge in [-0.1, -0.05) is 29.8 Å². The van der Waals surface area contributed by atoms with Gasteiger partial charge in [-0.3, -0.25) is 10.1 Å². The van der Waals surface area contributed by atoms with Gasteiger partial charge in [0.25, 0.3) is 5.69 Å². The molecule has 1 N–H and O–H groups in total. The zero-order valence-electron chi connectivity index (χ0n) is 12.2. The molecule has 0 amide bonds. The second-order valence-corrected chi connectivity index (χ2v) is 6.72. The molecule has 0 unspecified atom stereocenters. The molecular weight excluding hydrogens is 304 g/mol. The number of aryl methyl sites for hydroxylation is 1. The molecule has 7 heteroatoms. The van der Waals surface area contributed by atoms with Gasteiger partial charge in [-0.05, 0) is 31.5 Å². The molecule has 0 aromatic heterocycles. The normalized spacial score (nSPS) is 12.8. The second-order valence-electron chi connectivity index (χ2n) is 5.00. The SMILES string of the molecule is Cc1ccc([C@@H](C)NS(=O)(=O)c2ccc([N+](=O)[O-])cc2)cc1. The maximum atomic E-state index is 12.3. The Kier molecular flexibility index (Phi) is 4.58. The molecule has 0 radical (unpaired) electrons. The number of nitrogens with zero attached hydrogens (tertiary/aromatic N) is 1. The predicted molar refractivity (Wildman–Crippen MR) is 83.0 cm³/mol. The lowest BCUT2D eigenvalue weighted by molar-refractivity contribution is -0.384. The van der Waals surface area contributed by atoms with Crippen molar-refractivity contribution in [2.75, 3.05) is 0 Å². The summed E-state index contributed by atoms with van der Waals surface area (Å²) in [6, 6.07) is 11.9. The number of rotatable bonds is 5. The molecule has 0 aliphatic rings. The predicted octanol–water partition coefficient (Wildman–Crippen LogP) is 2.94. The molecule has 0 aliphatic heterocycles. The van der Waals surface area contributed by atoms with Gasteiger partial charge in [0, 0.05) is 18.2 Å². The van der Waals surface area contributed by atoms with E-state index in [-0.39, 0.29) is 10.6 Å². The Bertz CT molecular complexity index is 768. The van der Waals surface area contributed by atoms with Crippen LogP contribution in [-0.4, -0.2) is 13.3 Å². The van der Waals surface area contributed by atoms with E-state index in [1.54, 1.807) is 6.92 Å². The topological polar surface area (TPSA) is 89.3 Å². The standard InChI is InChI=1S/C15H16N2O4S/c1-11-3-5-13(6-4-11)12(2)16-22(20,21)15-9-7-14(8-10-15)17(18)19/h3-10,12,16H,1-2H3/t12-/m1/s1. The van der Waals surface area contributed by atoms with Gasteiger partial charge in [-0.25, -0.2) is 13.1 Å². The molecule has 0 fully saturated rings. The van der Waals surface area contributed by atoms with Gasteiger partial charge in [0.2, 0.25) is 10.0 Å². The molecule has 0 aliphatic carbocycles. The monoisotopic (exact) mass is 320 g/mol. The Balaban J connectivity index is 2.19. The maximum Gasteiger partial charge on any atom is 0.269 e. The first kappa shape index (κ1) is 16.1. The summed E-state index contributed by atoms with van der Waals surface area (Å²) in [5.74, 6) is 0. The Morgan fingerprint density at radius 2 is 1.59 bits per heavy atom. The van der Waals surface area contributed by atoms with Crippen LogP contribution >= 0.6 is 0 Å². The molecule has 0 saturated heterocycles. The molecule has 2 rings (SSSR count). The van der Waals surface area contributed by atoms with Crippen LogP contribution in [0.3, 0.4) is 0 Å². The van der Waals surface area contributed by atoms with Crippen molar-refractivity contribution < 1.29 is 13.3 Å². The van der Waals surface area contributed by atoms with Crippen molar-refractivity contribution in [1.82, 2.24) is 4.72 Å². The van der Waals surface area contributed by atoms with Crippen LogP contribution in [0.1, 0.15) is 24.1 Å². The van der Waals surface area contributed by atoms with E-state index in [2.05, 4.69) is 4.72 Å². The highest BCUT2D eigenvalue weighted by atomic mass is 32.2. The van der Waals surface area contributed by atoms with Gasteiger partial charge in [-0.15, -0.1) is 0 Å². The van der Waals surface area contributed by atoms with Gasteiger partial charge < -0.3 is 0 Å². The van der Waals surface area contributed by atoms with Crippen LogP contribution < -0.4 is 4.72 Å². The van der Waals surface area contributed by atoms with E-state index in [9.17, 15) is 18.5 Å². The van der Waals surface area contributed by atoms with E-state index in [1.165, 1.54) is 24.3 Å². The van der Waals surface area contributed by atoms with Crippen molar-refractivity contribution in [1.29, 1.82) is 0 Å². The minimum atomic E-state index is -3.73. The average Bonchev–Trinajstić information content (AvgIpc) is 2.47. The summed E-state index contributed by atoms with van der Waals surface area (Å²) in [4.78, 5) is 10.0. The summed E-state index contributed by atoms with van der Waals surface area (Å²) in [6.07, 6.45) is 0. The zero-order chi connectivity index (χ0) is 16.3. The first-order valence-corrected chi connectivity index (χ1v) is 8.11. The molecule has 0 bridgehead atoms. The van der Waals surface area contributed by atoms with Crippen LogP contribution in [0.15, 0.2) is 53.4 Å². The minimum Gasteiger partial charge on any atom is -0.258 e. The van der Waals surface area contributed by atoms with Crippen molar-refractivity contribution in [2.24, 2.45) is 0 Å². The van der Waals surface area contributed by atoms with E-state index in [4.69, 9.17) is 0 Å². The van der Waals surface area contributed by atoms with Gasteiger partial charge in [0.05, 0.1) is 9.82 Å². The summed E-state index contributed by atoms with van der Waals surface area (Å²) in [5, 5.41) is 10.6. The summed E-state index contributed by atoms with van der Waals surface area (Å²) in [5.41, 5.74) is 1.79. The van der Waals surface area contributed by atoms with Crippen LogP contribution in [0.2, 0.25) is 0 Å². The first-order chi connectivity index (χ1) is 10.3. The van der Waals surface area contributed by atoms with E-state index in [0.29, 0.717) is 0 Å². The van der Waals surface area contributed by atoms with Crippen molar-refractivity contribution in [3.05, 3.63) is 69.8 Å². The number of non-ortho nitro benzene ring substituents is 1. The van der Waals surface area contributed by atoms with Crippen molar-refractivity contribution in [3.63, 3.8) is 0 Å².